The average Bonchev–Trinajstić information content (AvgIpc) is 3.29. The molecule has 3 heterocycles. The van der Waals surface area contributed by atoms with Crippen molar-refractivity contribution >= 4 is 5.91 Å². The molecule has 26 heavy (non-hydrogen) atoms. The van der Waals surface area contributed by atoms with E-state index in [1.165, 1.54) is 0 Å². The summed E-state index contributed by atoms with van der Waals surface area (Å²) in [6.45, 7) is 3.39. The van der Waals surface area contributed by atoms with Crippen LogP contribution < -0.4 is 5.32 Å². The molecular formula is C19H24N4O3. The van der Waals surface area contributed by atoms with Crippen LogP contribution in [0, 0.1) is 0 Å². The van der Waals surface area contributed by atoms with Crippen molar-refractivity contribution in [3.63, 3.8) is 0 Å². The predicted molar refractivity (Wildman–Crippen MR) is 94.7 cm³/mol. The molecule has 2 aliphatic heterocycles. The number of carbonyl (C=O) groups is 1. The first-order valence-corrected chi connectivity index (χ1v) is 9.23. The van der Waals surface area contributed by atoms with Crippen LogP contribution in [0.25, 0.3) is 0 Å². The van der Waals surface area contributed by atoms with Crippen LogP contribution in [0.3, 0.4) is 0 Å². The highest BCUT2D eigenvalue weighted by Crippen LogP contribution is 2.25. The Morgan fingerprint density at radius 1 is 1.27 bits per heavy atom. The van der Waals surface area contributed by atoms with E-state index in [0.29, 0.717) is 31.2 Å². The van der Waals surface area contributed by atoms with Crippen molar-refractivity contribution in [3.8, 4) is 0 Å². The fourth-order valence-corrected chi connectivity index (χ4v) is 3.43. The molecule has 138 valence electrons. The van der Waals surface area contributed by atoms with E-state index in [-0.39, 0.29) is 17.9 Å². The van der Waals surface area contributed by atoms with Gasteiger partial charge in [-0.05, 0) is 18.4 Å². The van der Waals surface area contributed by atoms with Gasteiger partial charge in [-0.3, -0.25) is 9.69 Å². The van der Waals surface area contributed by atoms with E-state index in [0.717, 1.165) is 38.1 Å². The lowest BCUT2D eigenvalue weighted by molar-refractivity contribution is -0.123. The molecule has 2 aromatic rings. The Morgan fingerprint density at radius 2 is 2.12 bits per heavy atom. The van der Waals surface area contributed by atoms with Crippen molar-refractivity contribution in [2.75, 3.05) is 32.8 Å². The molecule has 2 saturated heterocycles. The van der Waals surface area contributed by atoms with Gasteiger partial charge in [0, 0.05) is 32.7 Å². The maximum atomic E-state index is 12.0. The molecule has 0 unspecified atom stereocenters. The number of hydrogen-bond acceptors (Lipinski definition) is 6. The number of amides is 1. The normalized spacial score (nSPS) is 20.8. The first-order valence-electron chi connectivity index (χ1n) is 9.23. The molecule has 2 fully saturated rings. The van der Waals surface area contributed by atoms with Gasteiger partial charge in [-0.2, -0.15) is 4.98 Å². The minimum atomic E-state index is 0.0502. The van der Waals surface area contributed by atoms with Gasteiger partial charge in [0.25, 0.3) is 0 Å². The maximum absolute atomic E-state index is 12.0. The van der Waals surface area contributed by atoms with Crippen molar-refractivity contribution in [3.05, 3.63) is 47.6 Å². The van der Waals surface area contributed by atoms with E-state index >= 15 is 0 Å². The molecule has 0 bridgehead atoms. The third-order valence-electron chi connectivity index (χ3n) is 4.91. The van der Waals surface area contributed by atoms with Gasteiger partial charge in [-0.1, -0.05) is 35.5 Å². The van der Waals surface area contributed by atoms with E-state index in [1.807, 2.05) is 18.2 Å². The SMILES string of the molecule is O=C(CN1CC(c2nc(Cc3ccccc3)no2)C1)NC[C@@H]1CCCO1. The zero-order valence-corrected chi connectivity index (χ0v) is 14.8. The number of likely N-dealkylation sites (tertiary alicyclic amines) is 1. The molecule has 7 nitrogen and oxygen atoms in total. The fourth-order valence-electron chi connectivity index (χ4n) is 3.43. The molecule has 0 saturated carbocycles. The highest BCUT2D eigenvalue weighted by Gasteiger charge is 2.33. The van der Waals surface area contributed by atoms with Crippen molar-refractivity contribution < 1.29 is 14.1 Å². The summed E-state index contributed by atoms with van der Waals surface area (Å²) < 4.78 is 10.9. The Morgan fingerprint density at radius 3 is 2.88 bits per heavy atom. The third-order valence-corrected chi connectivity index (χ3v) is 4.91. The highest BCUT2D eigenvalue weighted by atomic mass is 16.5. The quantitative estimate of drug-likeness (QED) is 0.807. The van der Waals surface area contributed by atoms with Crippen LogP contribution in [-0.4, -0.2) is 59.8 Å². The van der Waals surface area contributed by atoms with Gasteiger partial charge in [0.15, 0.2) is 5.82 Å². The standard InChI is InChI=1S/C19H24N4O3/c24-18(20-10-16-7-4-8-25-16)13-23-11-15(12-23)19-21-17(22-26-19)9-14-5-2-1-3-6-14/h1-3,5-6,15-16H,4,7-13H2,(H,20,24)/t16-/m0/s1. The van der Waals surface area contributed by atoms with Gasteiger partial charge in [0.05, 0.1) is 18.6 Å². The molecule has 2 aliphatic rings. The number of nitrogens with one attached hydrogen (secondary N) is 1. The first kappa shape index (κ1) is 17.2. The van der Waals surface area contributed by atoms with Crippen LogP contribution in [0.15, 0.2) is 34.9 Å². The fraction of sp³-hybridized carbons (Fsp3) is 0.526. The lowest BCUT2D eigenvalue weighted by Gasteiger charge is -2.36. The van der Waals surface area contributed by atoms with E-state index in [1.54, 1.807) is 0 Å². The van der Waals surface area contributed by atoms with E-state index in [4.69, 9.17) is 9.26 Å². The van der Waals surface area contributed by atoms with Crippen molar-refractivity contribution in [2.45, 2.75) is 31.3 Å². The average molecular weight is 356 g/mol. The molecular weight excluding hydrogens is 332 g/mol. The number of carbonyl (C=O) groups excluding carboxylic acids is 1. The van der Waals surface area contributed by atoms with Gasteiger partial charge in [0.2, 0.25) is 11.8 Å². The molecule has 1 atom stereocenters. The third kappa shape index (κ3) is 4.28. The smallest absolute Gasteiger partial charge is 0.234 e. The molecule has 0 aliphatic carbocycles. The van der Waals surface area contributed by atoms with Crippen LogP contribution in [-0.2, 0) is 16.0 Å². The number of nitrogens with zero attached hydrogens (tertiary/aromatic N) is 3. The highest BCUT2D eigenvalue weighted by molar-refractivity contribution is 5.78. The zero-order chi connectivity index (χ0) is 17.8. The number of aromatic nitrogens is 2. The van der Waals surface area contributed by atoms with E-state index < -0.39 is 0 Å². The molecule has 0 radical (unpaired) electrons. The van der Waals surface area contributed by atoms with Crippen molar-refractivity contribution in [1.82, 2.24) is 20.4 Å². The predicted octanol–water partition coefficient (Wildman–Crippen LogP) is 1.35. The van der Waals surface area contributed by atoms with Crippen molar-refractivity contribution in [1.29, 1.82) is 0 Å². The molecule has 1 N–H and O–H groups in total. The van der Waals surface area contributed by atoms with E-state index in [2.05, 4.69) is 32.5 Å². The molecule has 4 rings (SSSR count). The van der Waals surface area contributed by atoms with Crippen LogP contribution in [0.4, 0.5) is 0 Å². The Bertz CT molecular complexity index is 721. The molecule has 1 amide bonds. The minimum Gasteiger partial charge on any atom is -0.376 e. The Hall–Kier alpha value is -2.25. The summed E-state index contributed by atoms with van der Waals surface area (Å²) in [4.78, 5) is 18.6. The Labute approximate surface area is 152 Å². The summed E-state index contributed by atoms with van der Waals surface area (Å²) in [5, 5.41) is 7.03. The van der Waals surface area contributed by atoms with Crippen LogP contribution in [0.5, 0.6) is 0 Å². The molecule has 7 heteroatoms. The van der Waals surface area contributed by atoms with Gasteiger partial charge in [-0.25, -0.2) is 0 Å². The zero-order valence-electron chi connectivity index (χ0n) is 14.8. The van der Waals surface area contributed by atoms with Gasteiger partial charge in [-0.15, -0.1) is 0 Å². The number of hydrogen-bond donors (Lipinski definition) is 1. The second-order valence-corrected chi connectivity index (χ2v) is 7.04. The maximum Gasteiger partial charge on any atom is 0.234 e. The second-order valence-electron chi connectivity index (χ2n) is 7.04. The van der Waals surface area contributed by atoms with Crippen LogP contribution >= 0.6 is 0 Å². The number of benzene rings is 1. The Balaban J connectivity index is 1.19. The number of rotatable bonds is 7. The summed E-state index contributed by atoms with van der Waals surface area (Å²) in [6, 6.07) is 10.1. The summed E-state index contributed by atoms with van der Waals surface area (Å²) in [5.74, 6) is 1.65. The summed E-state index contributed by atoms with van der Waals surface area (Å²) >= 11 is 0. The van der Waals surface area contributed by atoms with Gasteiger partial charge < -0.3 is 14.6 Å². The molecule has 0 spiro atoms. The largest absolute Gasteiger partial charge is 0.376 e. The molecule has 1 aromatic carbocycles. The summed E-state index contributed by atoms with van der Waals surface area (Å²) in [6.07, 6.45) is 2.98. The Kier molecular flexibility index (Phi) is 5.26. The monoisotopic (exact) mass is 356 g/mol. The second kappa shape index (κ2) is 7.97. The van der Waals surface area contributed by atoms with E-state index in [9.17, 15) is 4.79 Å². The first-order chi connectivity index (χ1) is 12.8. The minimum absolute atomic E-state index is 0.0502. The number of ether oxygens (including phenoxy) is 1. The van der Waals surface area contributed by atoms with Crippen LogP contribution in [0.2, 0.25) is 0 Å². The van der Waals surface area contributed by atoms with Gasteiger partial charge in [0.1, 0.15) is 0 Å². The lowest BCUT2D eigenvalue weighted by atomic mass is 10.0. The summed E-state index contributed by atoms with van der Waals surface area (Å²) in [5.41, 5.74) is 1.16. The van der Waals surface area contributed by atoms with Crippen LogP contribution in [0.1, 0.15) is 36.0 Å². The van der Waals surface area contributed by atoms with Crippen molar-refractivity contribution in [2.24, 2.45) is 0 Å². The lowest BCUT2D eigenvalue weighted by Crippen LogP contribution is -2.50. The summed E-state index contributed by atoms with van der Waals surface area (Å²) in [7, 11) is 0. The van der Waals surface area contributed by atoms with Gasteiger partial charge >= 0.3 is 0 Å². The molecule has 1 aromatic heterocycles. The topological polar surface area (TPSA) is 80.5 Å².